The van der Waals surface area contributed by atoms with Crippen LogP contribution in [0, 0.1) is 5.82 Å². The fourth-order valence-corrected chi connectivity index (χ4v) is 2.07. The van der Waals surface area contributed by atoms with Crippen LogP contribution in [0.1, 0.15) is 0 Å². The first kappa shape index (κ1) is 11.8. The number of hydrogen-bond acceptors (Lipinski definition) is 6. The van der Waals surface area contributed by atoms with E-state index >= 15 is 0 Å². The van der Waals surface area contributed by atoms with Crippen LogP contribution in [-0.2, 0) is 4.74 Å². The zero-order valence-electron chi connectivity index (χ0n) is 10.2. The third kappa shape index (κ3) is 2.22. The number of halogens is 1. The Balaban J connectivity index is 1.91. The molecule has 3 rings (SSSR count). The van der Waals surface area contributed by atoms with Crippen LogP contribution >= 0.6 is 0 Å². The summed E-state index contributed by atoms with van der Waals surface area (Å²) in [5.74, 6) is -0.201. The molecular weight excluding hydrogens is 251 g/mol. The summed E-state index contributed by atoms with van der Waals surface area (Å²) in [7, 11) is 0. The van der Waals surface area contributed by atoms with Crippen LogP contribution in [0.5, 0.6) is 0 Å². The second-order valence-corrected chi connectivity index (χ2v) is 4.18. The lowest BCUT2D eigenvalue weighted by Crippen LogP contribution is -2.36. The molecule has 0 spiro atoms. The van der Waals surface area contributed by atoms with E-state index in [-0.39, 0.29) is 11.8 Å². The Bertz CT molecular complexity index is 580. The normalized spacial score (nSPS) is 15.7. The van der Waals surface area contributed by atoms with Gasteiger partial charge in [0.2, 0.25) is 5.95 Å². The number of nitrogens with two attached hydrogens (primary N) is 1. The van der Waals surface area contributed by atoms with Gasteiger partial charge in [-0.25, -0.2) is 4.39 Å². The summed E-state index contributed by atoms with van der Waals surface area (Å²) in [4.78, 5) is 1.95. The van der Waals surface area contributed by atoms with Gasteiger partial charge in [0.15, 0.2) is 0 Å². The standard InChI is InChI=1S/C11H13FN6O/c12-9-7-8(18-11(13)14-15-16-18)1-2-10(9)17-3-5-19-6-4-17/h1-2,7H,3-6H2,(H2,13,14,16). The highest BCUT2D eigenvalue weighted by Crippen LogP contribution is 2.23. The van der Waals surface area contributed by atoms with Crippen LogP contribution in [-0.4, -0.2) is 46.5 Å². The number of tetrazole rings is 1. The molecule has 2 heterocycles. The second kappa shape index (κ2) is 4.81. The number of anilines is 2. The predicted octanol–water partition coefficient (Wildman–Crippen LogP) is 0.220. The molecule has 1 aliphatic heterocycles. The first-order valence-corrected chi connectivity index (χ1v) is 5.92. The zero-order chi connectivity index (χ0) is 13.2. The van der Waals surface area contributed by atoms with Crippen molar-refractivity contribution < 1.29 is 9.13 Å². The fourth-order valence-electron chi connectivity index (χ4n) is 2.07. The summed E-state index contributed by atoms with van der Waals surface area (Å²) >= 11 is 0. The van der Waals surface area contributed by atoms with Crippen molar-refractivity contribution in [1.29, 1.82) is 0 Å². The molecule has 2 aromatic rings. The van der Waals surface area contributed by atoms with Gasteiger partial charge in [-0.1, -0.05) is 5.10 Å². The molecule has 0 bridgehead atoms. The van der Waals surface area contributed by atoms with Gasteiger partial charge in [-0.2, -0.15) is 4.68 Å². The largest absolute Gasteiger partial charge is 0.378 e. The molecule has 0 radical (unpaired) electrons. The van der Waals surface area contributed by atoms with Crippen LogP contribution in [0.4, 0.5) is 16.0 Å². The Morgan fingerprint density at radius 3 is 2.68 bits per heavy atom. The molecule has 0 amide bonds. The number of hydrogen-bond donors (Lipinski definition) is 1. The molecule has 0 unspecified atom stereocenters. The zero-order valence-corrected chi connectivity index (χ0v) is 10.2. The van der Waals surface area contributed by atoms with Gasteiger partial charge in [-0.3, -0.25) is 0 Å². The first-order chi connectivity index (χ1) is 9.25. The quantitative estimate of drug-likeness (QED) is 0.835. The maximum atomic E-state index is 14.2. The topological polar surface area (TPSA) is 82.1 Å². The molecule has 1 aromatic carbocycles. The van der Waals surface area contributed by atoms with Gasteiger partial charge in [0.1, 0.15) is 5.82 Å². The highest BCUT2D eigenvalue weighted by Gasteiger charge is 2.16. The van der Waals surface area contributed by atoms with Crippen LogP contribution in [0.3, 0.4) is 0 Å². The van der Waals surface area contributed by atoms with Crippen LogP contribution in [0.25, 0.3) is 5.69 Å². The summed E-state index contributed by atoms with van der Waals surface area (Å²) in [6.45, 7) is 2.59. The number of rotatable bonds is 2. The number of ether oxygens (including phenoxy) is 1. The van der Waals surface area contributed by atoms with Crippen LogP contribution in [0.15, 0.2) is 18.2 Å². The van der Waals surface area contributed by atoms with Crippen LogP contribution in [0.2, 0.25) is 0 Å². The lowest BCUT2D eigenvalue weighted by atomic mass is 10.2. The molecule has 1 saturated heterocycles. The van der Waals surface area contributed by atoms with Gasteiger partial charge in [0.25, 0.3) is 0 Å². The Hall–Kier alpha value is -2.22. The lowest BCUT2D eigenvalue weighted by Gasteiger charge is -2.29. The summed E-state index contributed by atoms with van der Waals surface area (Å²) in [5.41, 5.74) is 6.63. The van der Waals surface area contributed by atoms with Crippen molar-refractivity contribution in [3.8, 4) is 5.69 Å². The second-order valence-electron chi connectivity index (χ2n) is 4.18. The molecule has 1 aromatic heterocycles. The van der Waals surface area contributed by atoms with Gasteiger partial charge < -0.3 is 15.4 Å². The maximum Gasteiger partial charge on any atom is 0.245 e. The van der Waals surface area contributed by atoms with E-state index in [4.69, 9.17) is 10.5 Å². The van der Waals surface area contributed by atoms with Gasteiger partial charge in [-0.15, -0.1) is 0 Å². The Morgan fingerprint density at radius 1 is 1.26 bits per heavy atom. The number of benzene rings is 1. The van der Waals surface area contributed by atoms with E-state index in [2.05, 4.69) is 15.5 Å². The van der Waals surface area contributed by atoms with E-state index in [0.29, 0.717) is 37.7 Å². The van der Waals surface area contributed by atoms with Crippen molar-refractivity contribution in [2.75, 3.05) is 36.9 Å². The summed E-state index contributed by atoms with van der Waals surface area (Å²) < 4.78 is 20.7. The summed E-state index contributed by atoms with van der Waals surface area (Å²) in [6.07, 6.45) is 0. The Labute approximate surface area is 108 Å². The molecule has 1 aliphatic rings. The minimum Gasteiger partial charge on any atom is -0.378 e. The number of morpholine rings is 1. The predicted molar refractivity (Wildman–Crippen MR) is 66.6 cm³/mol. The number of nitrogens with zero attached hydrogens (tertiary/aromatic N) is 5. The van der Waals surface area contributed by atoms with E-state index in [9.17, 15) is 4.39 Å². The maximum absolute atomic E-state index is 14.2. The summed E-state index contributed by atoms with van der Waals surface area (Å²) in [6, 6.07) is 4.81. The molecule has 8 heteroatoms. The minimum absolute atomic E-state index is 0.124. The fraction of sp³-hybridized carbons (Fsp3) is 0.364. The van der Waals surface area contributed by atoms with E-state index in [1.165, 1.54) is 10.7 Å². The molecule has 7 nitrogen and oxygen atoms in total. The highest BCUT2D eigenvalue weighted by atomic mass is 19.1. The molecule has 0 saturated carbocycles. The van der Waals surface area contributed by atoms with Gasteiger partial charge >= 0.3 is 0 Å². The van der Waals surface area contributed by atoms with Crippen molar-refractivity contribution in [2.45, 2.75) is 0 Å². The molecule has 19 heavy (non-hydrogen) atoms. The molecule has 0 aliphatic carbocycles. The van der Waals surface area contributed by atoms with Crippen molar-refractivity contribution in [1.82, 2.24) is 20.2 Å². The smallest absolute Gasteiger partial charge is 0.245 e. The van der Waals surface area contributed by atoms with E-state index in [1.54, 1.807) is 12.1 Å². The highest BCUT2D eigenvalue weighted by molar-refractivity contribution is 5.53. The minimum atomic E-state index is -0.325. The molecule has 0 atom stereocenters. The van der Waals surface area contributed by atoms with Crippen molar-refractivity contribution in [3.63, 3.8) is 0 Å². The third-order valence-electron chi connectivity index (χ3n) is 3.02. The Morgan fingerprint density at radius 2 is 2.05 bits per heavy atom. The van der Waals surface area contributed by atoms with Crippen molar-refractivity contribution in [3.05, 3.63) is 24.0 Å². The molecule has 2 N–H and O–H groups in total. The number of nitrogen functional groups attached to an aromatic ring is 1. The summed E-state index contributed by atoms with van der Waals surface area (Å²) in [5, 5.41) is 10.7. The SMILES string of the molecule is Nc1nnnn1-c1ccc(N2CCOCC2)c(F)c1. The lowest BCUT2D eigenvalue weighted by molar-refractivity contribution is 0.122. The van der Waals surface area contributed by atoms with Crippen molar-refractivity contribution >= 4 is 11.6 Å². The van der Waals surface area contributed by atoms with Gasteiger partial charge in [-0.05, 0) is 22.6 Å². The monoisotopic (exact) mass is 264 g/mol. The first-order valence-electron chi connectivity index (χ1n) is 5.92. The Kier molecular flexibility index (Phi) is 3.00. The van der Waals surface area contributed by atoms with E-state index in [0.717, 1.165) is 0 Å². The average Bonchev–Trinajstić information content (AvgIpc) is 2.86. The number of aromatic nitrogens is 4. The van der Waals surface area contributed by atoms with Gasteiger partial charge in [0, 0.05) is 19.2 Å². The molecular formula is C11H13FN6O. The third-order valence-corrected chi connectivity index (χ3v) is 3.02. The average molecular weight is 264 g/mol. The van der Waals surface area contributed by atoms with Crippen molar-refractivity contribution in [2.24, 2.45) is 0 Å². The van der Waals surface area contributed by atoms with E-state index in [1.807, 2.05) is 4.90 Å². The van der Waals surface area contributed by atoms with Gasteiger partial charge in [0.05, 0.1) is 24.6 Å². The van der Waals surface area contributed by atoms with Crippen LogP contribution < -0.4 is 10.6 Å². The molecule has 100 valence electrons. The van der Waals surface area contributed by atoms with E-state index < -0.39 is 0 Å². The molecule has 1 fully saturated rings.